The number of rotatable bonds is 3. The van der Waals surface area contributed by atoms with Crippen molar-refractivity contribution in [3.63, 3.8) is 0 Å². The van der Waals surface area contributed by atoms with Crippen molar-refractivity contribution < 1.29 is 4.39 Å². The summed E-state index contributed by atoms with van der Waals surface area (Å²) in [5, 5.41) is 3.71. The highest BCUT2D eigenvalue weighted by Gasteiger charge is 2.27. The van der Waals surface area contributed by atoms with E-state index in [1.165, 1.54) is 12.1 Å². The van der Waals surface area contributed by atoms with E-state index in [0.29, 0.717) is 27.6 Å². The maximum absolute atomic E-state index is 13.0. The van der Waals surface area contributed by atoms with Gasteiger partial charge in [-0.15, -0.1) is 0 Å². The lowest BCUT2D eigenvalue weighted by atomic mass is 10.3. The van der Waals surface area contributed by atoms with Crippen LogP contribution in [0.2, 0.25) is 10.2 Å². The maximum Gasteiger partial charge on any atom is 0.135 e. The highest BCUT2D eigenvalue weighted by molar-refractivity contribution is 6.33. The molecular formula is C13H10Cl2FN3. The maximum atomic E-state index is 13.0. The highest BCUT2D eigenvalue weighted by atomic mass is 35.5. The Labute approximate surface area is 119 Å². The van der Waals surface area contributed by atoms with E-state index in [1.807, 2.05) is 0 Å². The van der Waals surface area contributed by atoms with Crippen molar-refractivity contribution in [1.82, 2.24) is 9.97 Å². The summed E-state index contributed by atoms with van der Waals surface area (Å²) in [6, 6.07) is 5.75. The van der Waals surface area contributed by atoms with E-state index in [0.717, 1.165) is 18.7 Å². The summed E-state index contributed by atoms with van der Waals surface area (Å²) in [5.41, 5.74) is 0.583. The first-order chi connectivity index (χ1) is 9.11. The molecule has 0 aliphatic heterocycles. The van der Waals surface area contributed by atoms with Gasteiger partial charge in [0.05, 0.1) is 10.7 Å². The molecule has 0 unspecified atom stereocenters. The third-order valence-corrected chi connectivity index (χ3v) is 3.35. The number of nitrogens with one attached hydrogen (secondary N) is 1. The van der Waals surface area contributed by atoms with Crippen molar-refractivity contribution >= 4 is 34.7 Å². The van der Waals surface area contributed by atoms with E-state index in [2.05, 4.69) is 15.3 Å². The van der Waals surface area contributed by atoms with Crippen molar-refractivity contribution in [1.29, 1.82) is 0 Å². The minimum atomic E-state index is -0.380. The average molecular weight is 298 g/mol. The van der Waals surface area contributed by atoms with E-state index in [-0.39, 0.29) is 5.82 Å². The van der Waals surface area contributed by atoms with Crippen molar-refractivity contribution in [3.8, 4) is 0 Å². The van der Waals surface area contributed by atoms with Crippen molar-refractivity contribution in [2.45, 2.75) is 18.8 Å². The minimum Gasteiger partial charge on any atom is -0.339 e. The molecule has 6 heteroatoms. The Morgan fingerprint density at radius 1 is 1.16 bits per heavy atom. The summed E-state index contributed by atoms with van der Waals surface area (Å²) in [6.45, 7) is 0. The lowest BCUT2D eigenvalue weighted by molar-refractivity contribution is 0.628. The van der Waals surface area contributed by atoms with Gasteiger partial charge in [0.15, 0.2) is 0 Å². The van der Waals surface area contributed by atoms with E-state index >= 15 is 0 Å². The Bertz CT molecular complexity index is 629. The van der Waals surface area contributed by atoms with Crippen LogP contribution < -0.4 is 5.32 Å². The summed E-state index contributed by atoms with van der Waals surface area (Å²) in [5.74, 6) is 1.33. The molecule has 1 aromatic heterocycles. The number of anilines is 2. The molecule has 0 atom stereocenters. The molecule has 3 rings (SSSR count). The summed E-state index contributed by atoms with van der Waals surface area (Å²) in [6.07, 6.45) is 2.19. The zero-order valence-corrected chi connectivity index (χ0v) is 11.3. The zero-order valence-electron chi connectivity index (χ0n) is 9.83. The van der Waals surface area contributed by atoms with Crippen LogP contribution in [-0.2, 0) is 0 Å². The molecule has 2 aromatic rings. The van der Waals surface area contributed by atoms with Crippen LogP contribution in [0, 0.1) is 5.82 Å². The standard InChI is InChI=1S/C13H10Cl2FN3/c14-9-5-8(16)3-4-10(9)17-12-6-11(15)18-13(19-12)7-1-2-7/h3-7H,1-2H2,(H,17,18,19). The summed E-state index contributed by atoms with van der Waals surface area (Å²) < 4.78 is 13.0. The molecule has 0 spiro atoms. The first-order valence-electron chi connectivity index (χ1n) is 5.88. The fourth-order valence-corrected chi connectivity index (χ4v) is 2.16. The number of hydrogen-bond donors (Lipinski definition) is 1. The number of nitrogens with zero attached hydrogens (tertiary/aromatic N) is 2. The van der Waals surface area contributed by atoms with Crippen LogP contribution in [-0.4, -0.2) is 9.97 Å². The Hall–Kier alpha value is -1.39. The first-order valence-corrected chi connectivity index (χ1v) is 6.64. The molecule has 0 amide bonds. The SMILES string of the molecule is Fc1ccc(Nc2cc(Cl)nc(C3CC3)n2)c(Cl)c1. The molecule has 3 nitrogen and oxygen atoms in total. The Balaban J connectivity index is 1.89. The molecule has 19 heavy (non-hydrogen) atoms. The van der Waals surface area contributed by atoms with Gasteiger partial charge in [-0.3, -0.25) is 0 Å². The smallest absolute Gasteiger partial charge is 0.135 e. The largest absolute Gasteiger partial charge is 0.339 e. The van der Waals surface area contributed by atoms with E-state index in [9.17, 15) is 4.39 Å². The average Bonchev–Trinajstić information content (AvgIpc) is 3.16. The molecule has 1 N–H and O–H groups in total. The molecule has 1 heterocycles. The molecule has 0 bridgehead atoms. The van der Waals surface area contributed by atoms with Gasteiger partial charge in [-0.05, 0) is 31.0 Å². The first kappa shape index (κ1) is 12.6. The number of benzene rings is 1. The fraction of sp³-hybridized carbons (Fsp3) is 0.231. The van der Waals surface area contributed by atoms with E-state index in [4.69, 9.17) is 23.2 Å². The van der Waals surface area contributed by atoms with Gasteiger partial charge in [0, 0.05) is 12.0 Å². The topological polar surface area (TPSA) is 37.8 Å². The number of halogens is 3. The van der Waals surface area contributed by atoms with Crippen LogP contribution in [0.5, 0.6) is 0 Å². The summed E-state index contributed by atoms with van der Waals surface area (Å²) >= 11 is 11.9. The zero-order chi connectivity index (χ0) is 13.4. The monoisotopic (exact) mass is 297 g/mol. The Kier molecular flexibility index (Phi) is 3.29. The minimum absolute atomic E-state index is 0.294. The lowest BCUT2D eigenvalue weighted by Gasteiger charge is -2.09. The number of aromatic nitrogens is 2. The van der Waals surface area contributed by atoms with Crippen molar-refractivity contribution in [3.05, 3.63) is 46.1 Å². The Morgan fingerprint density at radius 3 is 2.63 bits per heavy atom. The second kappa shape index (κ2) is 4.94. The predicted octanol–water partition coefficient (Wildman–Crippen LogP) is 4.54. The van der Waals surface area contributed by atoms with E-state index in [1.54, 1.807) is 12.1 Å². The van der Waals surface area contributed by atoms with Gasteiger partial charge >= 0.3 is 0 Å². The van der Waals surface area contributed by atoms with Gasteiger partial charge in [-0.25, -0.2) is 14.4 Å². The third-order valence-electron chi connectivity index (χ3n) is 2.85. The molecule has 0 radical (unpaired) electrons. The fourth-order valence-electron chi connectivity index (χ4n) is 1.75. The molecule has 0 saturated heterocycles. The predicted molar refractivity (Wildman–Crippen MR) is 73.7 cm³/mol. The second-order valence-corrected chi connectivity index (χ2v) is 5.25. The van der Waals surface area contributed by atoms with Crippen LogP contribution >= 0.6 is 23.2 Å². The normalized spacial score (nSPS) is 14.5. The van der Waals surface area contributed by atoms with Gasteiger partial charge < -0.3 is 5.32 Å². The van der Waals surface area contributed by atoms with Crippen LogP contribution in [0.4, 0.5) is 15.9 Å². The molecule has 1 aliphatic rings. The second-order valence-electron chi connectivity index (χ2n) is 4.46. The van der Waals surface area contributed by atoms with Crippen molar-refractivity contribution in [2.75, 3.05) is 5.32 Å². The summed E-state index contributed by atoms with van der Waals surface area (Å²) in [4.78, 5) is 8.59. The van der Waals surface area contributed by atoms with Crippen LogP contribution in [0.1, 0.15) is 24.6 Å². The van der Waals surface area contributed by atoms with Crippen LogP contribution in [0.3, 0.4) is 0 Å². The van der Waals surface area contributed by atoms with Gasteiger partial charge in [0.2, 0.25) is 0 Å². The molecule has 98 valence electrons. The molecule has 1 fully saturated rings. The number of hydrogen-bond acceptors (Lipinski definition) is 3. The van der Waals surface area contributed by atoms with Crippen LogP contribution in [0.15, 0.2) is 24.3 Å². The van der Waals surface area contributed by atoms with Gasteiger partial charge in [0.25, 0.3) is 0 Å². The van der Waals surface area contributed by atoms with Crippen molar-refractivity contribution in [2.24, 2.45) is 0 Å². The quantitative estimate of drug-likeness (QED) is 0.845. The lowest BCUT2D eigenvalue weighted by Crippen LogP contribution is -2.00. The van der Waals surface area contributed by atoms with E-state index < -0.39 is 0 Å². The molecule has 1 aromatic carbocycles. The highest BCUT2D eigenvalue weighted by Crippen LogP contribution is 2.39. The van der Waals surface area contributed by atoms with Gasteiger partial charge in [0.1, 0.15) is 22.6 Å². The summed E-state index contributed by atoms with van der Waals surface area (Å²) in [7, 11) is 0. The van der Waals surface area contributed by atoms with Gasteiger partial charge in [-0.2, -0.15) is 0 Å². The van der Waals surface area contributed by atoms with Gasteiger partial charge in [-0.1, -0.05) is 23.2 Å². The third kappa shape index (κ3) is 2.96. The van der Waals surface area contributed by atoms with Crippen LogP contribution in [0.25, 0.3) is 0 Å². The Morgan fingerprint density at radius 2 is 1.95 bits per heavy atom. The molecule has 1 saturated carbocycles. The molecular weight excluding hydrogens is 288 g/mol. The molecule has 1 aliphatic carbocycles.